The number of alkyl halides is 3. The third kappa shape index (κ3) is 3.77. The molecule has 1 heteroatoms. The Morgan fingerprint density at radius 3 is 2.45 bits per heavy atom. The van der Waals surface area contributed by atoms with Crippen molar-refractivity contribution in [2.75, 3.05) is 13.3 Å². The average Bonchev–Trinajstić information content (AvgIpc) is 2.52. The van der Waals surface area contributed by atoms with Crippen LogP contribution >= 0.6 is 19.8 Å². The van der Waals surface area contributed by atoms with E-state index in [0.29, 0.717) is 0 Å². The molecule has 68 valence electrons. The Hall–Kier alpha value is 0.730. The Bertz CT molecular complexity index is 95.0. The maximum atomic E-state index is 2.41. The standard InChI is InChI=1S/C10H21I/c1-3-10(2)6-9-11-7-4-5-8-11/h10H,3-9H2,1-2H3. The average molecular weight is 268 g/mol. The van der Waals surface area contributed by atoms with Crippen LogP contribution < -0.4 is 0 Å². The Morgan fingerprint density at radius 1 is 1.27 bits per heavy atom. The van der Waals surface area contributed by atoms with Crippen LogP contribution in [-0.4, -0.2) is 13.3 Å². The van der Waals surface area contributed by atoms with E-state index >= 15 is 0 Å². The molecule has 0 nitrogen and oxygen atoms in total. The number of halogens is 1. The monoisotopic (exact) mass is 268 g/mol. The third-order valence-electron chi connectivity index (χ3n) is 2.62. The van der Waals surface area contributed by atoms with Gasteiger partial charge >= 0.3 is 78.6 Å². The summed E-state index contributed by atoms with van der Waals surface area (Å²) >= 11 is -0.311. The number of hydrogen-bond donors (Lipinski definition) is 0. The zero-order valence-electron chi connectivity index (χ0n) is 7.91. The fourth-order valence-corrected chi connectivity index (χ4v) is 8.19. The van der Waals surface area contributed by atoms with Gasteiger partial charge in [0.05, 0.1) is 0 Å². The summed E-state index contributed by atoms with van der Waals surface area (Å²) in [7, 11) is 0. The quantitative estimate of drug-likeness (QED) is 0.538. The summed E-state index contributed by atoms with van der Waals surface area (Å²) in [5, 5.41) is 0. The topological polar surface area (TPSA) is 0 Å². The predicted octanol–water partition coefficient (Wildman–Crippen LogP) is 3.72. The van der Waals surface area contributed by atoms with Gasteiger partial charge in [0.1, 0.15) is 0 Å². The van der Waals surface area contributed by atoms with E-state index in [1.54, 1.807) is 32.5 Å². The predicted molar refractivity (Wildman–Crippen MR) is 61.9 cm³/mol. The molecule has 0 aromatic carbocycles. The molecule has 1 aliphatic rings. The first-order valence-electron chi connectivity index (χ1n) is 4.90. The first-order valence-corrected chi connectivity index (χ1v) is 9.48. The van der Waals surface area contributed by atoms with Crippen LogP contribution in [0.15, 0.2) is 0 Å². The molecule has 0 radical (unpaired) electrons. The van der Waals surface area contributed by atoms with Crippen molar-refractivity contribution in [3.05, 3.63) is 0 Å². The van der Waals surface area contributed by atoms with Crippen molar-refractivity contribution in [2.45, 2.75) is 39.5 Å². The van der Waals surface area contributed by atoms with Crippen LogP contribution in [-0.2, 0) is 0 Å². The molecule has 1 atom stereocenters. The molecule has 0 bridgehead atoms. The summed E-state index contributed by atoms with van der Waals surface area (Å²) < 4.78 is 5.03. The van der Waals surface area contributed by atoms with Crippen LogP contribution in [0.4, 0.5) is 0 Å². The Labute approximate surface area is 78.5 Å². The summed E-state index contributed by atoms with van der Waals surface area (Å²) in [6.07, 6.45) is 6.09. The SMILES string of the molecule is CCC(C)CCI1CCCC1. The van der Waals surface area contributed by atoms with Crippen molar-refractivity contribution >= 4 is 19.8 Å². The van der Waals surface area contributed by atoms with Crippen molar-refractivity contribution in [1.29, 1.82) is 0 Å². The maximum absolute atomic E-state index is 2.41. The third-order valence-corrected chi connectivity index (χ3v) is 9.34. The van der Waals surface area contributed by atoms with Gasteiger partial charge in [-0.15, -0.1) is 0 Å². The molecule has 1 aliphatic heterocycles. The van der Waals surface area contributed by atoms with Gasteiger partial charge in [-0.25, -0.2) is 0 Å². The molecule has 1 rings (SSSR count). The van der Waals surface area contributed by atoms with E-state index < -0.39 is 0 Å². The van der Waals surface area contributed by atoms with Crippen molar-refractivity contribution in [1.82, 2.24) is 0 Å². The van der Waals surface area contributed by atoms with Crippen LogP contribution in [0, 0.1) is 5.92 Å². The summed E-state index contributed by atoms with van der Waals surface area (Å²) in [5.41, 5.74) is 0. The fraction of sp³-hybridized carbons (Fsp3) is 1.00. The summed E-state index contributed by atoms with van der Waals surface area (Å²) in [4.78, 5) is 0. The Morgan fingerprint density at radius 2 is 1.91 bits per heavy atom. The normalized spacial score (nSPS) is 24.0. The van der Waals surface area contributed by atoms with E-state index in [1.807, 2.05) is 0 Å². The van der Waals surface area contributed by atoms with Crippen LogP contribution in [0.5, 0.6) is 0 Å². The van der Waals surface area contributed by atoms with Crippen molar-refractivity contribution in [2.24, 2.45) is 5.92 Å². The molecule has 1 unspecified atom stereocenters. The second-order valence-electron chi connectivity index (χ2n) is 3.64. The second kappa shape index (κ2) is 5.39. The van der Waals surface area contributed by atoms with Gasteiger partial charge in [-0.2, -0.15) is 0 Å². The van der Waals surface area contributed by atoms with E-state index in [1.165, 1.54) is 6.42 Å². The first kappa shape index (κ1) is 9.82. The van der Waals surface area contributed by atoms with Crippen LogP contribution in [0.25, 0.3) is 0 Å². The van der Waals surface area contributed by atoms with Crippen molar-refractivity contribution < 1.29 is 0 Å². The molecule has 0 N–H and O–H groups in total. The zero-order chi connectivity index (χ0) is 8.10. The van der Waals surface area contributed by atoms with Gasteiger partial charge in [-0.1, -0.05) is 0 Å². The van der Waals surface area contributed by atoms with Gasteiger partial charge in [0.2, 0.25) is 0 Å². The molecule has 11 heavy (non-hydrogen) atoms. The van der Waals surface area contributed by atoms with Crippen LogP contribution in [0.2, 0.25) is 0 Å². The van der Waals surface area contributed by atoms with Gasteiger partial charge < -0.3 is 0 Å². The summed E-state index contributed by atoms with van der Waals surface area (Å²) in [5.74, 6) is 1.01. The minimum atomic E-state index is -0.311. The molecule has 0 aromatic heterocycles. The van der Waals surface area contributed by atoms with Crippen LogP contribution in [0.3, 0.4) is 0 Å². The number of hydrogen-bond acceptors (Lipinski definition) is 0. The molecule has 0 saturated carbocycles. The molecular weight excluding hydrogens is 247 g/mol. The first-order chi connectivity index (χ1) is 5.33. The summed E-state index contributed by atoms with van der Waals surface area (Å²) in [6.45, 7) is 4.73. The molecule has 0 aromatic rings. The van der Waals surface area contributed by atoms with Gasteiger partial charge in [-0.3, -0.25) is 0 Å². The molecule has 1 saturated heterocycles. The van der Waals surface area contributed by atoms with E-state index in [-0.39, 0.29) is 19.8 Å². The van der Waals surface area contributed by atoms with Gasteiger partial charge in [-0.05, 0) is 0 Å². The van der Waals surface area contributed by atoms with Crippen molar-refractivity contribution in [3.8, 4) is 0 Å². The molecule has 0 aliphatic carbocycles. The van der Waals surface area contributed by atoms with Crippen molar-refractivity contribution in [3.63, 3.8) is 0 Å². The molecule has 1 heterocycles. The number of rotatable bonds is 4. The Kier molecular flexibility index (Phi) is 4.81. The van der Waals surface area contributed by atoms with E-state index in [0.717, 1.165) is 5.92 Å². The second-order valence-corrected chi connectivity index (χ2v) is 10.1. The molecule has 0 spiro atoms. The zero-order valence-corrected chi connectivity index (χ0v) is 10.1. The van der Waals surface area contributed by atoms with Gasteiger partial charge in [0.25, 0.3) is 0 Å². The van der Waals surface area contributed by atoms with Crippen LogP contribution in [0.1, 0.15) is 39.5 Å². The van der Waals surface area contributed by atoms with Gasteiger partial charge in [0.15, 0.2) is 0 Å². The minimum absolute atomic E-state index is 0.311. The fourth-order valence-electron chi connectivity index (χ4n) is 1.40. The van der Waals surface area contributed by atoms with E-state index in [2.05, 4.69) is 13.8 Å². The molecule has 0 amide bonds. The Balaban J connectivity index is 2.01. The summed E-state index contributed by atoms with van der Waals surface area (Å²) in [6, 6.07) is 0. The van der Waals surface area contributed by atoms with E-state index in [9.17, 15) is 0 Å². The van der Waals surface area contributed by atoms with E-state index in [4.69, 9.17) is 0 Å². The van der Waals surface area contributed by atoms with Gasteiger partial charge in [0, 0.05) is 0 Å². The molecular formula is C10H21I. The molecule has 1 fully saturated rings.